The van der Waals surface area contributed by atoms with Gasteiger partial charge in [0.2, 0.25) is 0 Å². The lowest BCUT2D eigenvalue weighted by molar-refractivity contribution is 0.384. The summed E-state index contributed by atoms with van der Waals surface area (Å²) in [5, 5.41) is 3.66. The fraction of sp³-hybridized carbons (Fsp3) is 1.00. The number of hydrogen-bond donors (Lipinski definition) is 1. The molecule has 1 aliphatic heterocycles. The fourth-order valence-electron chi connectivity index (χ4n) is 2.42. The van der Waals surface area contributed by atoms with Crippen LogP contribution < -0.4 is 5.32 Å². The third-order valence-corrected chi connectivity index (χ3v) is 3.66. The molecule has 0 radical (unpaired) electrons. The second kappa shape index (κ2) is 5.64. The highest BCUT2D eigenvalue weighted by atomic mass is 14.9. The summed E-state index contributed by atoms with van der Waals surface area (Å²) < 4.78 is 0. The second-order valence-corrected chi connectivity index (χ2v) is 4.53. The van der Waals surface area contributed by atoms with Crippen molar-refractivity contribution in [2.75, 3.05) is 6.54 Å². The van der Waals surface area contributed by atoms with Gasteiger partial charge >= 0.3 is 0 Å². The normalized spacial score (nSPS) is 28.6. The van der Waals surface area contributed by atoms with Gasteiger partial charge in [0, 0.05) is 6.04 Å². The number of rotatable bonds is 5. The minimum atomic E-state index is 0.829. The largest absolute Gasteiger partial charge is 0.314 e. The Labute approximate surface area is 83.3 Å². The monoisotopic (exact) mass is 183 g/mol. The first kappa shape index (κ1) is 11.0. The third-order valence-electron chi connectivity index (χ3n) is 3.66. The average Bonchev–Trinajstić information content (AvgIpc) is 2.61. The molecule has 0 aromatic rings. The Hall–Kier alpha value is -0.0400. The van der Waals surface area contributed by atoms with Crippen LogP contribution in [0.25, 0.3) is 0 Å². The lowest BCUT2D eigenvalue weighted by Crippen LogP contribution is -2.24. The lowest BCUT2D eigenvalue weighted by atomic mass is 9.92. The molecule has 1 heteroatoms. The van der Waals surface area contributed by atoms with E-state index in [4.69, 9.17) is 0 Å². The molecule has 0 aromatic carbocycles. The molecule has 0 saturated carbocycles. The van der Waals surface area contributed by atoms with Crippen LogP contribution in [-0.4, -0.2) is 12.6 Å². The highest BCUT2D eigenvalue weighted by molar-refractivity contribution is 4.82. The van der Waals surface area contributed by atoms with Crippen LogP contribution in [0.2, 0.25) is 0 Å². The molecule has 13 heavy (non-hydrogen) atoms. The van der Waals surface area contributed by atoms with Crippen molar-refractivity contribution in [2.45, 2.75) is 58.9 Å². The van der Waals surface area contributed by atoms with Crippen LogP contribution >= 0.6 is 0 Å². The first-order valence-electron chi connectivity index (χ1n) is 6.03. The molecule has 0 spiro atoms. The standard InChI is InChI=1S/C12H25N/c1-4-10(5-2)7-12-8-11(6-3)9-13-12/h10-13H,4-9H2,1-3H3/t11?,12-/m0/s1. The van der Waals surface area contributed by atoms with Crippen molar-refractivity contribution in [3.63, 3.8) is 0 Å². The molecule has 0 aromatic heterocycles. The Morgan fingerprint density at radius 2 is 1.92 bits per heavy atom. The van der Waals surface area contributed by atoms with E-state index in [-0.39, 0.29) is 0 Å². The predicted molar refractivity (Wildman–Crippen MR) is 58.9 cm³/mol. The van der Waals surface area contributed by atoms with Crippen LogP contribution in [-0.2, 0) is 0 Å². The van der Waals surface area contributed by atoms with Crippen molar-refractivity contribution in [1.82, 2.24) is 5.32 Å². The van der Waals surface area contributed by atoms with Gasteiger partial charge in [0.1, 0.15) is 0 Å². The first-order chi connectivity index (χ1) is 6.30. The highest BCUT2D eigenvalue weighted by Gasteiger charge is 2.23. The predicted octanol–water partition coefficient (Wildman–Crippen LogP) is 3.20. The quantitative estimate of drug-likeness (QED) is 0.690. The zero-order valence-corrected chi connectivity index (χ0v) is 9.47. The first-order valence-corrected chi connectivity index (χ1v) is 6.03. The molecule has 0 aliphatic carbocycles. The average molecular weight is 183 g/mol. The van der Waals surface area contributed by atoms with Gasteiger partial charge in [0.15, 0.2) is 0 Å². The molecule has 0 bridgehead atoms. The molecule has 1 rings (SSSR count). The van der Waals surface area contributed by atoms with E-state index < -0.39 is 0 Å². The summed E-state index contributed by atoms with van der Waals surface area (Å²) in [7, 11) is 0. The second-order valence-electron chi connectivity index (χ2n) is 4.53. The molecule has 1 saturated heterocycles. The van der Waals surface area contributed by atoms with Crippen molar-refractivity contribution in [1.29, 1.82) is 0 Å². The molecule has 0 amide bonds. The fourth-order valence-corrected chi connectivity index (χ4v) is 2.42. The molecule has 1 N–H and O–H groups in total. The number of hydrogen-bond acceptors (Lipinski definition) is 1. The van der Waals surface area contributed by atoms with Crippen molar-refractivity contribution in [3.8, 4) is 0 Å². The van der Waals surface area contributed by atoms with Gasteiger partial charge in [-0.05, 0) is 31.2 Å². The van der Waals surface area contributed by atoms with E-state index in [1.807, 2.05) is 0 Å². The summed E-state index contributed by atoms with van der Waals surface area (Å²) in [5.41, 5.74) is 0. The Morgan fingerprint density at radius 3 is 2.38 bits per heavy atom. The minimum absolute atomic E-state index is 0.829. The summed E-state index contributed by atoms with van der Waals surface area (Å²) >= 11 is 0. The van der Waals surface area contributed by atoms with Crippen molar-refractivity contribution in [2.24, 2.45) is 11.8 Å². The van der Waals surface area contributed by atoms with E-state index in [9.17, 15) is 0 Å². The minimum Gasteiger partial charge on any atom is -0.314 e. The molecule has 2 atom stereocenters. The highest BCUT2D eigenvalue weighted by Crippen LogP contribution is 2.24. The van der Waals surface area contributed by atoms with Gasteiger partial charge in [0.25, 0.3) is 0 Å². The van der Waals surface area contributed by atoms with Crippen molar-refractivity contribution in [3.05, 3.63) is 0 Å². The Morgan fingerprint density at radius 1 is 1.23 bits per heavy atom. The van der Waals surface area contributed by atoms with Crippen LogP contribution in [0.3, 0.4) is 0 Å². The molecule has 1 unspecified atom stereocenters. The molecule has 1 heterocycles. The lowest BCUT2D eigenvalue weighted by Gasteiger charge is -2.17. The van der Waals surface area contributed by atoms with Gasteiger partial charge in [0.05, 0.1) is 0 Å². The van der Waals surface area contributed by atoms with Gasteiger partial charge in [-0.15, -0.1) is 0 Å². The molecule has 1 nitrogen and oxygen atoms in total. The molecule has 1 aliphatic rings. The van der Waals surface area contributed by atoms with Crippen LogP contribution in [0.5, 0.6) is 0 Å². The molecule has 1 fully saturated rings. The zero-order valence-electron chi connectivity index (χ0n) is 9.47. The van der Waals surface area contributed by atoms with Crippen LogP contribution in [0, 0.1) is 11.8 Å². The smallest absolute Gasteiger partial charge is 0.00729 e. The Bertz CT molecular complexity index is 129. The van der Waals surface area contributed by atoms with E-state index in [2.05, 4.69) is 26.1 Å². The van der Waals surface area contributed by atoms with Crippen LogP contribution in [0.1, 0.15) is 52.9 Å². The SMILES string of the molecule is CCC(CC)C[C@H]1CC(CC)CN1. The van der Waals surface area contributed by atoms with Gasteiger partial charge in [-0.25, -0.2) is 0 Å². The molecular formula is C12H25N. The van der Waals surface area contributed by atoms with Gasteiger partial charge in [-0.3, -0.25) is 0 Å². The van der Waals surface area contributed by atoms with Gasteiger partial charge < -0.3 is 5.32 Å². The maximum atomic E-state index is 3.66. The summed E-state index contributed by atoms with van der Waals surface area (Å²) in [6.45, 7) is 8.22. The van der Waals surface area contributed by atoms with E-state index >= 15 is 0 Å². The maximum absolute atomic E-state index is 3.66. The molecular weight excluding hydrogens is 158 g/mol. The van der Waals surface area contributed by atoms with Crippen molar-refractivity contribution >= 4 is 0 Å². The van der Waals surface area contributed by atoms with Gasteiger partial charge in [-0.1, -0.05) is 40.0 Å². The van der Waals surface area contributed by atoms with E-state index in [1.165, 1.54) is 38.6 Å². The zero-order chi connectivity index (χ0) is 9.68. The summed E-state index contributed by atoms with van der Waals surface area (Å²) in [6, 6.07) is 0.829. The van der Waals surface area contributed by atoms with Crippen LogP contribution in [0.15, 0.2) is 0 Å². The van der Waals surface area contributed by atoms with Gasteiger partial charge in [-0.2, -0.15) is 0 Å². The third kappa shape index (κ3) is 3.30. The van der Waals surface area contributed by atoms with E-state index in [1.54, 1.807) is 0 Å². The summed E-state index contributed by atoms with van der Waals surface area (Å²) in [4.78, 5) is 0. The molecule has 78 valence electrons. The van der Waals surface area contributed by atoms with E-state index in [0.717, 1.165) is 17.9 Å². The van der Waals surface area contributed by atoms with Crippen molar-refractivity contribution < 1.29 is 0 Å². The topological polar surface area (TPSA) is 12.0 Å². The summed E-state index contributed by atoms with van der Waals surface area (Å²) in [5.74, 6) is 1.91. The number of nitrogens with one attached hydrogen (secondary N) is 1. The Kier molecular flexibility index (Phi) is 4.79. The van der Waals surface area contributed by atoms with E-state index in [0.29, 0.717) is 0 Å². The van der Waals surface area contributed by atoms with Crippen LogP contribution in [0.4, 0.5) is 0 Å². The maximum Gasteiger partial charge on any atom is 0.00729 e. The summed E-state index contributed by atoms with van der Waals surface area (Å²) in [6.07, 6.45) is 6.89. The Balaban J connectivity index is 2.22.